The summed E-state index contributed by atoms with van der Waals surface area (Å²) in [7, 11) is 0. The number of carbonyl (C=O) groups excluding carboxylic acids is 3. The van der Waals surface area contributed by atoms with Crippen LogP contribution in [0.25, 0.3) is 0 Å². The standard InChI is InChI=1S/C52H84O6/c1-4-7-10-13-16-19-21-23-24-25-26-27-29-30-33-36-39-42-45-51(54)57-48-49(47-56-50(53)44-41-38-35-32-18-15-12-9-6-3)58-52(55)46-43-40-37-34-31-28-22-20-17-14-11-8-5-2/h8,10-11,13-14,16-17,19-27,49H,4-7,9,12,15,18,28-48H2,1-3H3/b11-8-,13-10-,17-14-,19-16-,22-20-,23-21-,25-24-,27-26-. The minimum atomic E-state index is -0.796. The van der Waals surface area contributed by atoms with Gasteiger partial charge in [-0.2, -0.15) is 0 Å². The van der Waals surface area contributed by atoms with E-state index in [-0.39, 0.29) is 31.1 Å². The number of hydrogen-bond acceptors (Lipinski definition) is 6. The van der Waals surface area contributed by atoms with Crippen LogP contribution in [0.3, 0.4) is 0 Å². The summed E-state index contributed by atoms with van der Waals surface area (Å²) in [6, 6.07) is 0. The van der Waals surface area contributed by atoms with Crippen LogP contribution in [-0.2, 0) is 28.6 Å². The molecule has 0 amide bonds. The van der Waals surface area contributed by atoms with E-state index in [1.807, 2.05) is 42.5 Å². The van der Waals surface area contributed by atoms with Crippen molar-refractivity contribution in [2.24, 2.45) is 0 Å². The van der Waals surface area contributed by atoms with Gasteiger partial charge >= 0.3 is 17.9 Å². The van der Waals surface area contributed by atoms with E-state index in [1.165, 1.54) is 44.9 Å². The number of unbranched alkanes of at least 4 members (excludes halogenated alkanes) is 19. The average molecular weight is 805 g/mol. The molecule has 0 aliphatic heterocycles. The fraction of sp³-hybridized carbons (Fsp3) is 0.635. The first kappa shape index (κ1) is 54.3. The summed E-state index contributed by atoms with van der Waals surface area (Å²) >= 11 is 0. The number of carbonyl (C=O) groups is 3. The fourth-order valence-electron chi connectivity index (χ4n) is 6.00. The number of ether oxygens (including phenoxy) is 3. The monoisotopic (exact) mass is 805 g/mol. The van der Waals surface area contributed by atoms with E-state index < -0.39 is 6.10 Å². The first-order valence-electron chi connectivity index (χ1n) is 23.3. The molecule has 0 N–H and O–H groups in total. The van der Waals surface area contributed by atoms with Crippen molar-refractivity contribution in [2.75, 3.05) is 13.2 Å². The van der Waals surface area contributed by atoms with Crippen molar-refractivity contribution in [3.63, 3.8) is 0 Å². The van der Waals surface area contributed by atoms with E-state index in [1.54, 1.807) is 0 Å². The summed E-state index contributed by atoms with van der Waals surface area (Å²) in [6.45, 7) is 6.33. The highest BCUT2D eigenvalue weighted by molar-refractivity contribution is 5.71. The quantitative estimate of drug-likeness (QED) is 0.0266. The van der Waals surface area contributed by atoms with Crippen LogP contribution in [0.15, 0.2) is 97.2 Å². The summed E-state index contributed by atoms with van der Waals surface area (Å²) in [4.78, 5) is 37.7. The molecule has 0 aliphatic rings. The second-order valence-electron chi connectivity index (χ2n) is 15.1. The van der Waals surface area contributed by atoms with Crippen molar-refractivity contribution in [2.45, 2.75) is 200 Å². The number of allylic oxidation sites excluding steroid dienone is 16. The van der Waals surface area contributed by atoms with Crippen LogP contribution in [0.4, 0.5) is 0 Å². The predicted octanol–water partition coefficient (Wildman–Crippen LogP) is 15.0. The molecule has 6 nitrogen and oxygen atoms in total. The lowest BCUT2D eigenvalue weighted by atomic mass is 10.1. The molecule has 0 aliphatic carbocycles. The van der Waals surface area contributed by atoms with E-state index in [2.05, 4.69) is 75.5 Å². The van der Waals surface area contributed by atoms with Gasteiger partial charge in [0.05, 0.1) is 0 Å². The molecule has 0 rings (SSSR count). The summed E-state index contributed by atoms with van der Waals surface area (Å²) < 4.78 is 16.7. The highest BCUT2D eigenvalue weighted by Gasteiger charge is 2.19. The minimum absolute atomic E-state index is 0.0951. The Labute approximate surface area is 356 Å². The summed E-state index contributed by atoms with van der Waals surface area (Å²) in [5.41, 5.74) is 0. The van der Waals surface area contributed by atoms with Gasteiger partial charge in [-0.15, -0.1) is 0 Å². The second-order valence-corrected chi connectivity index (χ2v) is 15.1. The summed E-state index contributed by atoms with van der Waals surface area (Å²) in [5.74, 6) is -0.953. The molecule has 328 valence electrons. The molecule has 0 aromatic heterocycles. The Hall–Kier alpha value is -3.67. The fourth-order valence-corrected chi connectivity index (χ4v) is 6.00. The Kier molecular flexibility index (Phi) is 43.1. The highest BCUT2D eigenvalue weighted by atomic mass is 16.6. The van der Waals surface area contributed by atoms with E-state index >= 15 is 0 Å². The molecule has 0 heterocycles. The summed E-state index contributed by atoms with van der Waals surface area (Å²) in [5, 5.41) is 0. The van der Waals surface area contributed by atoms with Gasteiger partial charge < -0.3 is 14.2 Å². The van der Waals surface area contributed by atoms with Crippen LogP contribution in [0.1, 0.15) is 194 Å². The Bertz CT molecular complexity index is 1200. The lowest BCUT2D eigenvalue weighted by Crippen LogP contribution is -2.30. The van der Waals surface area contributed by atoms with Gasteiger partial charge in [0.25, 0.3) is 0 Å². The number of rotatable bonds is 40. The first-order valence-corrected chi connectivity index (χ1v) is 23.3. The minimum Gasteiger partial charge on any atom is -0.462 e. The van der Waals surface area contributed by atoms with Crippen molar-refractivity contribution < 1.29 is 28.6 Å². The van der Waals surface area contributed by atoms with Crippen LogP contribution in [-0.4, -0.2) is 37.2 Å². The highest BCUT2D eigenvalue weighted by Crippen LogP contribution is 2.13. The Balaban J connectivity index is 4.45. The zero-order chi connectivity index (χ0) is 42.3. The molecule has 1 unspecified atom stereocenters. The maximum absolute atomic E-state index is 12.7. The normalized spacial score (nSPS) is 12.9. The smallest absolute Gasteiger partial charge is 0.306 e. The number of esters is 3. The predicted molar refractivity (Wildman–Crippen MR) is 247 cm³/mol. The molecule has 0 fully saturated rings. The van der Waals surface area contributed by atoms with Crippen molar-refractivity contribution in [1.29, 1.82) is 0 Å². The van der Waals surface area contributed by atoms with Crippen LogP contribution >= 0.6 is 0 Å². The van der Waals surface area contributed by atoms with Crippen molar-refractivity contribution in [1.82, 2.24) is 0 Å². The van der Waals surface area contributed by atoms with E-state index in [0.29, 0.717) is 19.3 Å². The van der Waals surface area contributed by atoms with E-state index in [4.69, 9.17) is 14.2 Å². The van der Waals surface area contributed by atoms with Gasteiger partial charge in [-0.25, -0.2) is 0 Å². The zero-order valence-electron chi connectivity index (χ0n) is 37.3. The molecule has 58 heavy (non-hydrogen) atoms. The van der Waals surface area contributed by atoms with Crippen LogP contribution in [0.5, 0.6) is 0 Å². The largest absolute Gasteiger partial charge is 0.462 e. The van der Waals surface area contributed by atoms with Gasteiger partial charge in [0.1, 0.15) is 13.2 Å². The Morgan fingerprint density at radius 1 is 0.362 bits per heavy atom. The molecule has 1 atom stereocenters. The third-order valence-electron chi connectivity index (χ3n) is 9.49. The number of hydrogen-bond donors (Lipinski definition) is 0. The van der Waals surface area contributed by atoms with Crippen molar-refractivity contribution in [3.05, 3.63) is 97.2 Å². The topological polar surface area (TPSA) is 78.9 Å². The molecule has 0 aromatic rings. The first-order chi connectivity index (χ1) is 28.5. The van der Waals surface area contributed by atoms with Crippen molar-refractivity contribution in [3.8, 4) is 0 Å². The van der Waals surface area contributed by atoms with E-state index in [0.717, 1.165) is 109 Å². The average Bonchev–Trinajstić information content (AvgIpc) is 3.22. The zero-order valence-corrected chi connectivity index (χ0v) is 37.3. The molecule has 6 heteroatoms. The third-order valence-corrected chi connectivity index (χ3v) is 9.49. The SMILES string of the molecule is CC\C=C/C=C\C=C/CCCCCCCC(=O)OC(COC(=O)CCCCCCC\C=C/C=C\C=C/C=C\C=C/CCC)COC(=O)CCCCCCCCCCC. The van der Waals surface area contributed by atoms with Gasteiger partial charge in [-0.05, 0) is 57.8 Å². The summed E-state index contributed by atoms with van der Waals surface area (Å²) in [6.07, 6.45) is 59.5. The second kappa shape index (κ2) is 46.0. The molecule has 0 aromatic carbocycles. The van der Waals surface area contributed by atoms with E-state index in [9.17, 15) is 14.4 Å². The van der Waals surface area contributed by atoms with Gasteiger partial charge in [0.2, 0.25) is 0 Å². The van der Waals surface area contributed by atoms with Gasteiger partial charge in [0.15, 0.2) is 6.10 Å². The van der Waals surface area contributed by atoms with Gasteiger partial charge in [-0.3, -0.25) is 14.4 Å². The van der Waals surface area contributed by atoms with Crippen molar-refractivity contribution >= 4 is 17.9 Å². The molecule has 0 spiro atoms. The van der Waals surface area contributed by atoms with Crippen LogP contribution < -0.4 is 0 Å². The third kappa shape index (κ3) is 43.5. The Morgan fingerprint density at radius 3 is 1.12 bits per heavy atom. The molecular weight excluding hydrogens is 721 g/mol. The van der Waals surface area contributed by atoms with Gasteiger partial charge in [0, 0.05) is 19.3 Å². The maximum atomic E-state index is 12.7. The molecule has 0 saturated carbocycles. The Morgan fingerprint density at radius 2 is 0.707 bits per heavy atom. The van der Waals surface area contributed by atoms with Gasteiger partial charge in [-0.1, -0.05) is 214 Å². The molecule has 0 radical (unpaired) electrons. The molecule has 0 bridgehead atoms. The maximum Gasteiger partial charge on any atom is 0.306 e. The lowest BCUT2D eigenvalue weighted by Gasteiger charge is -2.18. The molecule has 0 saturated heterocycles. The lowest BCUT2D eigenvalue weighted by molar-refractivity contribution is -0.167. The van der Waals surface area contributed by atoms with Crippen LogP contribution in [0.2, 0.25) is 0 Å². The van der Waals surface area contributed by atoms with Crippen LogP contribution in [0, 0.1) is 0 Å². The molecular formula is C52H84O6.